The van der Waals surface area contributed by atoms with Gasteiger partial charge in [-0.1, -0.05) is 16.8 Å². The van der Waals surface area contributed by atoms with E-state index in [4.69, 9.17) is 16.1 Å². The molecule has 0 unspecified atom stereocenters. The van der Waals surface area contributed by atoms with Gasteiger partial charge in [0.2, 0.25) is 0 Å². The lowest BCUT2D eigenvalue weighted by Gasteiger charge is -1.99. The third-order valence-corrected chi connectivity index (χ3v) is 3.93. The van der Waals surface area contributed by atoms with E-state index < -0.39 is 0 Å². The second-order valence-corrected chi connectivity index (χ2v) is 5.89. The van der Waals surface area contributed by atoms with Gasteiger partial charge in [0, 0.05) is 14.6 Å². The molecule has 3 rings (SSSR count). The van der Waals surface area contributed by atoms with Crippen molar-refractivity contribution < 1.29 is 4.52 Å². The summed E-state index contributed by atoms with van der Waals surface area (Å²) in [6.07, 6.45) is 2.49. The topological polar surface area (TPSA) is 51.0 Å². The lowest BCUT2D eigenvalue weighted by molar-refractivity contribution is 0.419. The number of aromatic nitrogens is 2. The minimum absolute atomic E-state index is 0.523. The smallest absolute Gasteiger partial charge is 0.259 e. The largest absolute Gasteiger partial charge is 0.334 e. The van der Waals surface area contributed by atoms with Crippen LogP contribution in [0.25, 0.3) is 11.5 Å². The summed E-state index contributed by atoms with van der Waals surface area (Å²) in [6.45, 7) is 0.658. The van der Waals surface area contributed by atoms with E-state index in [9.17, 15) is 0 Å². The Morgan fingerprint density at radius 1 is 1.44 bits per heavy atom. The van der Waals surface area contributed by atoms with Crippen molar-refractivity contribution in [2.45, 2.75) is 25.4 Å². The van der Waals surface area contributed by atoms with Crippen LogP contribution < -0.4 is 5.32 Å². The van der Waals surface area contributed by atoms with Gasteiger partial charge in [-0.2, -0.15) is 4.98 Å². The molecule has 1 fully saturated rings. The minimum Gasteiger partial charge on any atom is -0.334 e. The van der Waals surface area contributed by atoms with E-state index in [2.05, 4.69) is 38.0 Å². The molecule has 1 saturated carbocycles. The molecule has 1 aromatic carbocycles. The van der Waals surface area contributed by atoms with E-state index in [1.165, 1.54) is 12.8 Å². The van der Waals surface area contributed by atoms with Gasteiger partial charge in [0.05, 0.1) is 12.1 Å². The molecule has 94 valence electrons. The summed E-state index contributed by atoms with van der Waals surface area (Å²) in [7, 11) is 0. The van der Waals surface area contributed by atoms with Gasteiger partial charge in [-0.15, -0.1) is 0 Å². The maximum atomic E-state index is 5.98. The number of hydrogen-bond acceptors (Lipinski definition) is 4. The number of rotatable bonds is 4. The predicted molar refractivity (Wildman–Crippen MR) is 77.3 cm³/mol. The lowest BCUT2D eigenvalue weighted by atomic mass is 10.2. The monoisotopic (exact) mass is 375 g/mol. The number of nitrogens with zero attached hydrogens (tertiary/aromatic N) is 2. The van der Waals surface area contributed by atoms with Crippen LogP contribution in [0.5, 0.6) is 0 Å². The molecule has 1 N–H and O–H groups in total. The van der Waals surface area contributed by atoms with Crippen LogP contribution in [0, 0.1) is 3.57 Å². The zero-order valence-electron chi connectivity index (χ0n) is 9.49. The van der Waals surface area contributed by atoms with Gasteiger partial charge < -0.3 is 9.84 Å². The quantitative estimate of drug-likeness (QED) is 0.834. The Labute approximate surface area is 123 Å². The van der Waals surface area contributed by atoms with Gasteiger partial charge in [-0.05, 0) is 53.6 Å². The second kappa shape index (κ2) is 5.14. The number of nitrogens with one attached hydrogen (secondary N) is 1. The average Bonchev–Trinajstić information content (AvgIpc) is 3.08. The molecule has 0 bridgehead atoms. The van der Waals surface area contributed by atoms with E-state index in [1.54, 1.807) is 0 Å². The van der Waals surface area contributed by atoms with Gasteiger partial charge in [0.15, 0.2) is 5.82 Å². The van der Waals surface area contributed by atoms with E-state index in [1.807, 2.05) is 18.2 Å². The summed E-state index contributed by atoms with van der Waals surface area (Å²) in [4.78, 5) is 4.38. The fourth-order valence-electron chi connectivity index (χ4n) is 1.62. The zero-order chi connectivity index (χ0) is 12.5. The van der Waals surface area contributed by atoms with E-state index in [0.29, 0.717) is 29.3 Å². The van der Waals surface area contributed by atoms with Crippen molar-refractivity contribution in [1.29, 1.82) is 0 Å². The Morgan fingerprint density at radius 2 is 2.28 bits per heavy atom. The molecule has 0 spiro atoms. The maximum absolute atomic E-state index is 5.98. The third-order valence-electron chi connectivity index (χ3n) is 2.75. The molecule has 4 nitrogen and oxygen atoms in total. The molecule has 2 aromatic rings. The number of halogens is 2. The van der Waals surface area contributed by atoms with Gasteiger partial charge in [0.1, 0.15) is 0 Å². The summed E-state index contributed by atoms with van der Waals surface area (Å²) in [5.74, 6) is 1.21. The predicted octanol–water partition coefficient (Wildman–Crippen LogP) is 3.25. The first-order valence-electron chi connectivity index (χ1n) is 5.74. The lowest BCUT2D eigenvalue weighted by Crippen LogP contribution is -2.16. The van der Waals surface area contributed by atoms with Crippen LogP contribution in [0.3, 0.4) is 0 Å². The highest BCUT2D eigenvalue weighted by atomic mass is 127. The molecule has 0 radical (unpaired) electrons. The van der Waals surface area contributed by atoms with Gasteiger partial charge >= 0.3 is 0 Å². The van der Waals surface area contributed by atoms with Crippen LogP contribution in [0.4, 0.5) is 0 Å². The van der Waals surface area contributed by atoms with Crippen LogP contribution in [0.2, 0.25) is 5.02 Å². The average molecular weight is 376 g/mol. The molecule has 0 atom stereocenters. The number of hydrogen-bond donors (Lipinski definition) is 1. The molecule has 6 heteroatoms. The van der Waals surface area contributed by atoms with Crippen molar-refractivity contribution >= 4 is 34.2 Å². The van der Waals surface area contributed by atoms with Gasteiger partial charge in [-0.3, -0.25) is 0 Å². The molecule has 0 amide bonds. The van der Waals surface area contributed by atoms with Crippen LogP contribution in [-0.4, -0.2) is 16.2 Å². The van der Waals surface area contributed by atoms with Crippen molar-refractivity contribution in [3.63, 3.8) is 0 Å². The highest BCUT2D eigenvalue weighted by Gasteiger charge is 2.21. The fourth-order valence-corrected chi connectivity index (χ4v) is 2.36. The third kappa shape index (κ3) is 2.84. The minimum atomic E-state index is 0.523. The molecule has 1 aliphatic rings. The Balaban J connectivity index is 1.80. The molecule has 0 saturated heterocycles. The van der Waals surface area contributed by atoms with Crippen LogP contribution >= 0.6 is 34.2 Å². The SMILES string of the molecule is Clc1ccc(I)c(-c2nc(CNC3CC3)no2)c1. The maximum Gasteiger partial charge on any atom is 0.259 e. The van der Waals surface area contributed by atoms with Gasteiger partial charge in [0.25, 0.3) is 5.89 Å². The van der Waals surface area contributed by atoms with Crippen molar-refractivity contribution in [2.75, 3.05) is 0 Å². The fraction of sp³-hybridized carbons (Fsp3) is 0.333. The van der Waals surface area contributed by atoms with Crippen LogP contribution in [0.1, 0.15) is 18.7 Å². The first kappa shape index (κ1) is 12.4. The summed E-state index contributed by atoms with van der Waals surface area (Å²) < 4.78 is 6.32. The molecule has 18 heavy (non-hydrogen) atoms. The van der Waals surface area contributed by atoms with E-state index >= 15 is 0 Å². The number of benzene rings is 1. The highest BCUT2D eigenvalue weighted by molar-refractivity contribution is 14.1. The summed E-state index contributed by atoms with van der Waals surface area (Å²) in [5, 5.41) is 7.99. The first-order chi connectivity index (χ1) is 8.72. The Morgan fingerprint density at radius 3 is 3.06 bits per heavy atom. The molecule has 1 aromatic heterocycles. The summed E-state index contributed by atoms with van der Waals surface area (Å²) in [6, 6.07) is 6.26. The highest BCUT2D eigenvalue weighted by Crippen LogP contribution is 2.27. The van der Waals surface area contributed by atoms with E-state index in [0.717, 1.165) is 9.13 Å². The van der Waals surface area contributed by atoms with Gasteiger partial charge in [-0.25, -0.2) is 0 Å². The Bertz CT molecular complexity index is 568. The summed E-state index contributed by atoms with van der Waals surface area (Å²) in [5.41, 5.74) is 0.883. The molecule has 1 heterocycles. The zero-order valence-corrected chi connectivity index (χ0v) is 12.4. The molecular weight excluding hydrogens is 365 g/mol. The van der Waals surface area contributed by atoms with Crippen molar-refractivity contribution in [1.82, 2.24) is 15.5 Å². The normalized spacial score (nSPS) is 15.0. The van der Waals surface area contributed by atoms with Crippen molar-refractivity contribution in [3.05, 3.63) is 32.6 Å². The Kier molecular flexibility index (Phi) is 3.54. The summed E-state index contributed by atoms with van der Waals surface area (Å²) >= 11 is 8.21. The van der Waals surface area contributed by atoms with Crippen LogP contribution in [0.15, 0.2) is 22.7 Å². The molecular formula is C12H11ClIN3O. The van der Waals surface area contributed by atoms with Crippen molar-refractivity contribution in [2.24, 2.45) is 0 Å². The van der Waals surface area contributed by atoms with E-state index in [-0.39, 0.29) is 0 Å². The van der Waals surface area contributed by atoms with Crippen LogP contribution in [-0.2, 0) is 6.54 Å². The molecule has 1 aliphatic carbocycles. The van der Waals surface area contributed by atoms with Crippen molar-refractivity contribution in [3.8, 4) is 11.5 Å². The Hall–Kier alpha value is -0.660. The second-order valence-electron chi connectivity index (χ2n) is 4.30. The standard InChI is InChI=1S/C12H11ClIN3O/c13-7-1-4-10(14)9(5-7)12-16-11(17-18-12)6-15-8-2-3-8/h1,4-5,8,15H,2-3,6H2. The first-order valence-corrected chi connectivity index (χ1v) is 7.19. The molecule has 0 aliphatic heterocycles.